The molecule has 0 saturated carbocycles. The second-order valence-electron chi connectivity index (χ2n) is 6.61. The van der Waals surface area contributed by atoms with E-state index in [9.17, 15) is 0 Å². The number of nitrogens with zero attached hydrogens (tertiary/aromatic N) is 3. The highest BCUT2D eigenvalue weighted by molar-refractivity contribution is 5.86. The zero-order chi connectivity index (χ0) is 18.1. The molecule has 0 fully saturated rings. The summed E-state index contributed by atoms with van der Waals surface area (Å²) in [7, 11) is 0. The van der Waals surface area contributed by atoms with E-state index in [1.807, 2.05) is 0 Å². The molecule has 0 aliphatic rings. The second-order valence-corrected chi connectivity index (χ2v) is 6.61. The van der Waals surface area contributed by atoms with E-state index in [-0.39, 0.29) is 5.95 Å². The SMILES string of the molecule is CCCn1c(C)c(C)c2nc(N)nc(OCc3c(C)cccc3C)c21. The van der Waals surface area contributed by atoms with E-state index in [4.69, 9.17) is 10.5 Å². The number of anilines is 1. The molecule has 0 spiro atoms. The molecule has 0 atom stereocenters. The Labute approximate surface area is 148 Å². The maximum Gasteiger partial charge on any atom is 0.243 e. The lowest BCUT2D eigenvalue weighted by molar-refractivity contribution is 0.295. The first-order chi connectivity index (χ1) is 11.9. The minimum absolute atomic E-state index is 0.251. The number of nitrogen functional groups attached to an aromatic ring is 1. The molecule has 132 valence electrons. The quantitative estimate of drug-likeness (QED) is 0.756. The Morgan fingerprint density at radius 1 is 1.08 bits per heavy atom. The van der Waals surface area contributed by atoms with E-state index in [0.717, 1.165) is 29.6 Å². The van der Waals surface area contributed by atoms with E-state index in [1.165, 1.54) is 22.4 Å². The summed E-state index contributed by atoms with van der Waals surface area (Å²) < 4.78 is 8.39. The normalized spacial score (nSPS) is 11.2. The number of hydrogen-bond acceptors (Lipinski definition) is 4. The summed E-state index contributed by atoms with van der Waals surface area (Å²) in [6, 6.07) is 6.27. The molecule has 25 heavy (non-hydrogen) atoms. The van der Waals surface area contributed by atoms with Crippen LogP contribution in [0.15, 0.2) is 18.2 Å². The highest BCUT2D eigenvalue weighted by Gasteiger charge is 2.19. The topological polar surface area (TPSA) is 66.0 Å². The third-order valence-electron chi connectivity index (χ3n) is 4.89. The first-order valence-corrected chi connectivity index (χ1v) is 8.74. The van der Waals surface area contributed by atoms with Gasteiger partial charge < -0.3 is 15.0 Å². The van der Waals surface area contributed by atoms with Crippen LogP contribution in [0.25, 0.3) is 11.0 Å². The molecule has 3 aromatic rings. The van der Waals surface area contributed by atoms with Gasteiger partial charge >= 0.3 is 0 Å². The summed E-state index contributed by atoms with van der Waals surface area (Å²) in [6.07, 6.45) is 1.03. The third kappa shape index (κ3) is 3.06. The van der Waals surface area contributed by atoms with Gasteiger partial charge in [0.15, 0.2) is 0 Å². The predicted molar refractivity (Wildman–Crippen MR) is 102 cm³/mol. The van der Waals surface area contributed by atoms with Crippen LogP contribution in [0.5, 0.6) is 5.88 Å². The van der Waals surface area contributed by atoms with Crippen LogP contribution in [0, 0.1) is 27.7 Å². The van der Waals surface area contributed by atoms with Crippen molar-refractivity contribution in [2.24, 2.45) is 0 Å². The zero-order valence-electron chi connectivity index (χ0n) is 15.7. The summed E-state index contributed by atoms with van der Waals surface area (Å²) in [5.41, 5.74) is 13.7. The van der Waals surface area contributed by atoms with E-state index >= 15 is 0 Å². The average molecular weight is 338 g/mol. The molecule has 0 aliphatic carbocycles. The summed E-state index contributed by atoms with van der Waals surface area (Å²) in [6.45, 7) is 11.9. The van der Waals surface area contributed by atoms with Crippen LogP contribution < -0.4 is 10.5 Å². The molecule has 0 bridgehead atoms. The van der Waals surface area contributed by atoms with Crippen LogP contribution in [0.1, 0.15) is 41.3 Å². The fraction of sp³-hybridized carbons (Fsp3) is 0.400. The molecule has 0 amide bonds. The molecule has 0 unspecified atom stereocenters. The van der Waals surface area contributed by atoms with Gasteiger partial charge in [0.25, 0.3) is 0 Å². The Bertz CT molecular complexity index is 907. The Morgan fingerprint density at radius 3 is 2.40 bits per heavy atom. The van der Waals surface area contributed by atoms with Gasteiger partial charge in [-0.25, -0.2) is 4.98 Å². The average Bonchev–Trinajstić information content (AvgIpc) is 2.80. The molecular formula is C20H26N4O. The summed E-state index contributed by atoms with van der Waals surface area (Å²) in [5, 5.41) is 0. The molecule has 5 nitrogen and oxygen atoms in total. The van der Waals surface area contributed by atoms with Gasteiger partial charge in [-0.1, -0.05) is 25.1 Å². The molecule has 2 aromatic heterocycles. The minimum atomic E-state index is 0.251. The van der Waals surface area contributed by atoms with Crippen LogP contribution in [-0.4, -0.2) is 14.5 Å². The summed E-state index contributed by atoms with van der Waals surface area (Å²) in [5.74, 6) is 0.815. The predicted octanol–water partition coefficient (Wildman–Crippen LogP) is 4.24. The lowest BCUT2D eigenvalue weighted by Gasteiger charge is -2.13. The van der Waals surface area contributed by atoms with Crippen molar-refractivity contribution < 1.29 is 4.74 Å². The maximum atomic E-state index is 6.15. The lowest BCUT2D eigenvalue weighted by atomic mass is 10.0. The number of ether oxygens (including phenoxy) is 1. The molecule has 0 aliphatic heterocycles. The van der Waals surface area contributed by atoms with Gasteiger partial charge in [0.2, 0.25) is 11.8 Å². The van der Waals surface area contributed by atoms with E-state index in [2.05, 4.69) is 67.4 Å². The van der Waals surface area contributed by atoms with Crippen molar-refractivity contribution in [3.63, 3.8) is 0 Å². The highest BCUT2D eigenvalue weighted by Crippen LogP contribution is 2.31. The second kappa shape index (κ2) is 6.75. The highest BCUT2D eigenvalue weighted by atomic mass is 16.5. The van der Waals surface area contributed by atoms with Crippen LogP contribution in [0.4, 0.5) is 5.95 Å². The summed E-state index contributed by atoms with van der Waals surface area (Å²) in [4.78, 5) is 8.85. The van der Waals surface area contributed by atoms with Crippen LogP contribution in [0.2, 0.25) is 0 Å². The van der Waals surface area contributed by atoms with Crippen LogP contribution in [0.3, 0.4) is 0 Å². The first-order valence-electron chi connectivity index (χ1n) is 8.74. The zero-order valence-corrected chi connectivity index (χ0v) is 15.7. The largest absolute Gasteiger partial charge is 0.471 e. The van der Waals surface area contributed by atoms with Gasteiger partial charge in [0.05, 0.1) is 0 Å². The molecule has 2 heterocycles. The Morgan fingerprint density at radius 2 is 1.76 bits per heavy atom. The van der Waals surface area contributed by atoms with Gasteiger partial charge in [-0.3, -0.25) is 0 Å². The van der Waals surface area contributed by atoms with Gasteiger partial charge in [0.1, 0.15) is 17.6 Å². The molecule has 5 heteroatoms. The molecule has 3 rings (SSSR count). The lowest BCUT2D eigenvalue weighted by Crippen LogP contribution is -2.07. The monoisotopic (exact) mass is 338 g/mol. The Hall–Kier alpha value is -2.56. The van der Waals surface area contributed by atoms with Gasteiger partial charge in [-0.2, -0.15) is 4.98 Å². The molecule has 1 aromatic carbocycles. The third-order valence-corrected chi connectivity index (χ3v) is 4.89. The Kier molecular flexibility index (Phi) is 4.66. The van der Waals surface area contributed by atoms with Crippen LogP contribution >= 0.6 is 0 Å². The van der Waals surface area contributed by atoms with Crippen molar-refractivity contribution in [1.82, 2.24) is 14.5 Å². The molecule has 2 N–H and O–H groups in total. The Balaban J connectivity index is 2.08. The smallest absolute Gasteiger partial charge is 0.243 e. The van der Waals surface area contributed by atoms with Crippen LogP contribution in [-0.2, 0) is 13.2 Å². The van der Waals surface area contributed by atoms with E-state index in [1.54, 1.807) is 0 Å². The number of aryl methyl sites for hydroxylation is 4. The van der Waals surface area contributed by atoms with E-state index in [0.29, 0.717) is 12.5 Å². The van der Waals surface area contributed by atoms with Crippen molar-refractivity contribution in [1.29, 1.82) is 0 Å². The summed E-state index contributed by atoms with van der Waals surface area (Å²) >= 11 is 0. The number of hydrogen-bond donors (Lipinski definition) is 1. The van der Waals surface area contributed by atoms with Crippen molar-refractivity contribution >= 4 is 17.0 Å². The standard InChI is InChI=1S/C20H26N4O/c1-6-10-24-15(5)14(4)17-18(24)19(23-20(21)22-17)25-11-16-12(2)8-7-9-13(16)3/h7-9H,6,10-11H2,1-5H3,(H2,21,22,23). The molecule has 0 saturated heterocycles. The maximum absolute atomic E-state index is 6.15. The number of rotatable bonds is 5. The van der Waals surface area contributed by atoms with Gasteiger partial charge in [-0.05, 0) is 56.4 Å². The number of aromatic nitrogens is 3. The fourth-order valence-electron chi connectivity index (χ4n) is 3.32. The molecule has 0 radical (unpaired) electrons. The number of fused-ring (bicyclic) bond motifs is 1. The van der Waals surface area contributed by atoms with E-state index < -0.39 is 0 Å². The van der Waals surface area contributed by atoms with Crippen molar-refractivity contribution in [2.75, 3.05) is 5.73 Å². The first kappa shape index (κ1) is 17.3. The minimum Gasteiger partial charge on any atom is -0.471 e. The van der Waals surface area contributed by atoms with Crippen molar-refractivity contribution in [2.45, 2.75) is 54.2 Å². The van der Waals surface area contributed by atoms with Gasteiger partial charge in [0, 0.05) is 12.2 Å². The van der Waals surface area contributed by atoms with Crippen molar-refractivity contribution in [3.05, 3.63) is 46.1 Å². The fourth-order valence-corrected chi connectivity index (χ4v) is 3.32. The van der Waals surface area contributed by atoms with Gasteiger partial charge in [-0.15, -0.1) is 0 Å². The van der Waals surface area contributed by atoms with Crippen molar-refractivity contribution in [3.8, 4) is 5.88 Å². The number of benzene rings is 1. The molecular weight excluding hydrogens is 312 g/mol. The number of nitrogens with two attached hydrogens (primary N) is 1.